The molecule has 0 amide bonds. The number of ether oxygens (including phenoxy) is 1. The first-order valence-corrected chi connectivity index (χ1v) is 10.1. The van der Waals surface area contributed by atoms with Crippen LogP contribution in [-0.4, -0.2) is 24.1 Å². The molecule has 0 aromatic carbocycles. The first-order valence-electron chi connectivity index (χ1n) is 10.1. The van der Waals surface area contributed by atoms with Gasteiger partial charge in [0.15, 0.2) is 0 Å². The van der Waals surface area contributed by atoms with Gasteiger partial charge in [-0.25, -0.2) is 0 Å². The van der Waals surface area contributed by atoms with Gasteiger partial charge in [-0.15, -0.1) is 0 Å². The number of hydrogen-bond acceptors (Lipinski definition) is 4. The molecule has 0 N–H and O–H groups in total. The van der Waals surface area contributed by atoms with Crippen molar-refractivity contribution in [2.75, 3.05) is 6.61 Å². The van der Waals surface area contributed by atoms with Crippen molar-refractivity contribution in [2.45, 2.75) is 81.1 Å². The second kappa shape index (κ2) is 12.2. The van der Waals surface area contributed by atoms with Gasteiger partial charge in [0.05, 0.1) is 6.61 Å². The van der Waals surface area contributed by atoms with Gasteiger partial charge in [-0.2, -0.15) is 0 Å². The average molecular weight is 369 g/mol. The Kier molecular flexibility index (Phi) is 11.7. The minimum Gasteiger partial charge on any atom is -0.466 e. The Labute approximate surface area is 160 Å². The van der Waals surface area contributed by atoms with Crippen LogP contribution in [0.4, 0.5) is 0 Å². The third-order valence-corrected chi connectivity index (χ3v) is 5.55. The van der Waals surface area contributed by atoms with Gasteiger partial charge in [-0.3, -0.25) is 4.79 Å². The lowest BCUT2D eigenvalue weighted by molar-refractivity contribution is -0.146. The number of carbonyl (C=O) groups is 3. The molecular formula is C22H40O4. The number of ketones is 2. The van der Waals surface area contributed by atoms with E-state index < -0.39 is 0 Å². The zero-order valence-electron chi connectivity index (χ0n) is 18.1. The molecule has 0 rings (SSSR count). The molecule has 0 aliphatic rings. The monoisotopic (exact) mass is 368 g/mol. The summed E-state index contributed by atoms with van der Waals surface area (Å²) in [5.41, 5.74) is 0. The SMILES string of the molecule is CC(=O)C[C@H](C(C)C)[C@H](C)CCOC(=O)C[C@H](C)[C@@H](CC(C)=O)C(C)C. The van der Waals surface area contributed by atoms with Crippen molar-refractivity contribution in [3.8, 4) is 0 Å². The molecule has 4 heteroatoms. The largest absolute Gasteiger partial charge is 0.466 e. The van der Waals surface area contributed by atoms with Crippen LogP contribution in [-0.2, 0) is 19.1 Å². The van der Waals surface area contributed by atoms with Gasteiger partial charge in [0.1, 0.15) is 11.6 Å². The van der Waals surface area contributed by atoms with E-state index in [4.69, 9.17) is 4.74 Å². The van der Waals surface area contributed by atoms with Crippen molar-refractivity contribution in [2.24, 2.45) is 35.5 Å². The fourth-order valence-electron chi connectivity index (χ4n) is 3.90. The van der Waals surface area contributed by atoms with Crippen LogP contribution in [0.5, 0.6) is 0 Å². The standard InChI is InChI=1S/C22H40O4/c1-14(2)20(12-18(7)23)16(5)9-10-26-22(25)11-17(6)21(15(3)4)13-19(8)24/h14-17,20-21H,9-13H2,1-8H3/t16-,17+,20-,21+/m1/s1. The fraction of sp³-hybridized carbons (Fsp3) is 0.864. The summed E-state index contributed by atoms with van der Waals surface area (Å²) in [5, 5.41) is 0. The van der Waals surface area contributed by atoms with E-state index in [9.17, 15) is 14.4 Å². The number of Topliss-reactive ketones (excluding diaryl/α,β-unsaturated/α-hetero) is 2. The highest BCUT2D eigenvalue weighted by Gasteiger charge is 2.26. The number of carbonyl (C=O) groups excluding carboxylic acids is 3. The lowest BCUT2D eigenvalue weighted by Gasteiger charge is -2.27. The van der Waals surface area contributed by atoms with E-state index in [0.717, 1.165) is 6.42 Å². The lowest BCUT2D eigenvalue weighted by Crippen LogP contribution is -2.25. The van der Waals surface area contributed by atoms with Crippen molar-refractivity contribution in [3.05, 3.63) is 0 Å². The van der Waals surface area contributed by atoms with Crippen LogP contribution in [0.3, 0.4) is 0 Å². The van der Waals surface area contributed by atoms with Crippen molar-refractivity contribution in [1.29, 1.82) is 0 Å². The van der Waals surface area contributed by atoms with E-state index in [1.807, 2.05) is 6.92 Å². The minimum atomic E-state index is -0.188. The van der Waals surface area contributed by atoms with E-state index in [0.29, 0.717) is 49.5 Å². The Bertz CT molecular complexity index is 453. The first kappa shape index (κ1) is 24.8. The van der Waals surface area contributed by atoms with E-state index in [1.54, 1.807) is 13.8 Å². The lowest BCUT2D eigenvalue weighted by atomic mass is 9.79. The molecule has 0 aliphatic carbocycles. The molecule has 0 saturated heterocycles. The van der Waals surface area contributed by atoms with Crippen LogP contribution in [0, 0.1) is 35.5 Å². The zero-order valence-corrected chi connectivity index (χ0v) is 18.1. The van der Waals surface area contributed by atoms with Crippen LogP contribution < -0.4 is 0 Å². The first-order chi connectivity index (χ1) is 12.0. The molecule has 152 valence electrons. The molecule has 0 aromatic rings. The molecule has 0 radical (unpaired) electrons. The molecule has 0 saturated carbocycles. The van der Waals surface area contributed by atoms with Gasteiger partial charge in [0.25, 0.3) is 0 Å². The summed E-state index contributed by atoms with van der Waals surface area (Å²) in [6.45, 7) is 16.3. The highest BCUT2D eigenvalue weighted by atomic mass is 16.5. The van der Waals surface area contributed by atoms with Crippen LogP contribution in [0.1, 0.15) is 81.1 Å². The summed E-state index contributed by atoms with van der Waals surface area (Å²) in [5.74, 6) is 1.99. The van der Waals surface area contributed by atoms with E-state index in [-0.39, 0.29) is 29.4 Å². The minimum absolute atomic E-state index is 0.130. The van der Waals surface area contributed by atoms with Gasteiger partial charge in [-0.1, -0.05) is 41.5 Å². The summed E-state index contributed by atoms with van der Waals surface area (Å²) in [7, 11) is 0. The molecule has 0 aromatic heterocycles. The molecule has 26 heavy (non-hydrogen) atoms. The summed E-state index contributed by atoms with van der Waals surface area (Å²) in [6.07, 6.45) is 2.23. The highest BCUT2D eigenvalue weighted by Crippen LogP contribution is 2.29. The van der Waals surface area contributed by atoms with Crippen molar-refractivity contribution >= 4 is 17.5 Å². The van der Waals surface area contributed by atoms with Crippen molar-refractivity contribution < 1.29 is 19.1 Å². The van der Waals surface area contributed by atoms with Gasteiger partial charge < -0.3 is 14.3 Å². The molecule has 0 aliphatic heterocycles. The quantitative estimate of drug-likeness (QED) is 0.425. The number of esters is 1. The van der Waals surface area contributed by atoms with E-state index in [2.05, 4.69) is 34.6 Å². The average Bonchev–Trinajstić information content (AvgIpc) is 2.48. The third kappa shape index (κ3) is 10.1. The van der Waals surface area contributed by atoms with Gasteiger partial charge in [0, 0.05) is 19.3 Å². The van der Waals surface area contributed by atoms with Crippen LogP contribution in [0.15, 0.2) is 0 Å². The Morgan fingerprint density at radius 3 is 1.50 bits per heavy atom. The number of rotatable bonds is 13. The summed E-state index contributed by atoms with van der Waals surface area (Å²) in [6, 6.07) is 0. The Morgan fingerprint density at radius 1 is 0.692 bits per heavy atom. The summed E-state index contributed by atoms with van der Waals surface area (Å²) < 4.78 is 5.44. The van der Waals surface area contributed by atoms with Gasteiger partial charge in [0.2, 0.25) is 0 Å². The van der Waals surface area contributed by atoms with Gasteiger partial charge >= 0.3 is 5.97 Å². The molecule has 0 bridgehead atoms. The highest BCUT2D eigenvalue weighted by molar-refractivity contribution is 5.76. The van der Waals surface area contributed by atoms with E-state index >= 15 is 0 Å². The normalized spacial score (nSPS) is 16.2. The molecule has 0 spiro atoms. The second-order valence-corrected chi connectivity index (χ2v) is 8.80. The van der Waals surface area contributed by atoms with Gasteiger partial charge in [-0.05, 0) is 55.8 Å². The second-order valence-electron chi connectivity index (χ2n) is 8.80. The Hall–Kier alpha value is -1.19. The third-order valence-electron chi connectivity index (χ3n) is 5.55. The van der Waals surface area contributed by atoms with Crippen LogP contribution in [0.2, 0.25) is 0 Å². The maximum Gasteiger partial charge on any atom is 0.306 e. The topological polar surface area (TPSA) is 60.4 Å². The Morgan fingerprint density at radius 2 is 1.12 bits per heavy atom. The van der Waals surface area contributed by atoms with Crippen molar-refractivity contribution in [3.63, 3.8) is 0 Å². The van der Waals surface area contributed by atoms with Crippen molar-refractivity contribution in [1.82, 2.24) is 0 Å². The Balaban J connectivity index is 4.43. The predicted octanol–water partition coefficient (Wildman–Crippen LogP) is 5.08. The number of hydrogen-bond donors (Lipinski definition) is 0. The molecule has 0 unspecified atom stereocenters. The van der Waals surface area contributed by atoms with Crippen LogP contribution >= 0.6 is 0 Å². The smallest absolute Gasteiger partial charge is 0.306 e. The fourth-order valence-corrected chi connectivity index (χ4v) is 3.90. The molecular weight excluding hydrogens is 328 g/mol. The maximum atomic E-state index is 12.2. The molecule has 0 fully saturated rings. The van der Waals surface area contributed by atoms with Crippen LogP contribution in [0.25, 0.3) is 0 Å². The summed E-state index contributed by atoms with van der Waals surface area (Å²) >= 11 is 0. The van der Waals surface area contributed by atoms with E-state index in [1.165, 1.54) is 0 Å². The maximum absolute atomic E-state index is 12.2. The summed E-state index contributed by atoms with van der Waals surface area (Å²) in [4.78, 5) is 35.1. The zero-order chi connectivity index (χ0) is 20.4. The molecule has 4 nitrogen and oxygen atoms in total. The molecule has 0 heterocycles. The predicted molar refractivity (Wildman–Crippen MR) is 106 cm³/mol. The molecule has 4 atom stereocenters.